The van der Waals surface area contributed by atoms with E-state index in [1.165, 1.54) is 56.9 Å². The second-order valence-electron chi connectivity index (χ2n) is 18.1. The standard InChI is InChI=1S/C21H29N3O2.C14H16N2O2.C13H14N2O3.C9H7ClO2.CH4/c1-3-4-9-19-23-21(26-24-19)17-12-10-16(11-13-17)20(25)22-14-18-8-6-5-7-15(18)2;1-3-4-5-13-15-14(18-16-13)12-8-6-11(7-9-12)10(2)17;1-2-3-4-11-14-12(18-15-11)9-5-7-10(8-6-9)13(16)17;1-6(11)7-2-4-8(5-3-7)9(10)12;/h10-13,15,18H,3-9,14H2,1-2H3,(H,22,25);6-9H,3-5H2,1-2H3;5-8H,2-4H2,1H3,(H,16,17);2-5H,1H3;1H4. The Morgan fingerprint density at radius 1 is 0.547 bits per heavy atom. The molecule has 0 radical (unpaired) electrons. The molecule has 398 valence electrons. The summed E-state index contributed by atoms with van der Waals surface area (Å²) in [5.74, 6) is 3.99. The van der Waals surface area contributed by atoms with Gasteiger partial charge in [0.1, 0.15) is 0 Å². The van der Waals surface area contributed by atoms with E-state index in [1.54, 1.807) is 43.3 Å². The van der Waals surface area contributed by atoms with E-state index in [2.05, 4.69) is 63.4 Å². The minimum Gasteiger partial charge on any atom is -0.478 e. The van der Waals surface area contributed by atoms with Crippen molar-refractivity contribution in [2.45, 2.75) is 132 Å². The molecule has 0 saturated heterocycles. The number of benzene rings is 4. The van der Waals surface area contributed by atoms with Crippen LogP contribution in [0.2, 0.25) is 0 Å². The number of hydrogen-bond acceptors (Lipinski definition) is 14. The van der Waals surface area contributed by atoms with Crippen LogP contribution in [0.1, 0.15) is 182 Å². The van der Waals surface area contributed by atoms with Gasteiger partial charge in [-0.25, -0.2) is 4.79 Å². The number of amides is 1. The number of aryl methyl sites for hydroxylation is 3. The zero-order chi connectivity index (χ0) is 53.4. The summed E-state index contributed by atoms with van der Waals surface area (Å²) in [5, 5.41) is 23.2. The van der Waals surface area contributed by atoms with Gasteiger partial charge in [0.2, 0.25) is 0 Å². The molecule has 2 unspecified atom stereocenters. The molecule has 1 aliphatic carbocycles. The lowest BCUT2D eigenvalue weighted by atomic mass is 9.80. The van der Waals surface area contributed by atoms with Gasteiger partial charge in [0.05, 0.1) is 5.56 Å². The highest BCUT2D eigenvalue weighted by molar-refractivity contribution is 6.67. The number of halogens is 1. The first kappa shape index (κ1) is 60.1. The second-order valence-corrected chi connectivity index (χ2v) is 18.4. The van der Waals surface area contributed by atoms with Crippen molar-refractivity contribution in [2.75, 3.05) is 6.54 Å². The Morgan fingerprint density at radius 2 is 0.893 bits per heavy atom. The number of nitrogens with zero attached hydrogens (tertiary/aromatic N) is 6. The molecule has 4 aromatic carbocycles. The smallest absolute Gasteiger partial charge is 0.335 e. The van der Waals surface area contributed by atoms with Crippen molar-refractivity contribution in [1.29, 1.82) is 0 Å². The van der Waals surface area contributed by atoms with Crippen LogP contribution < -0.4 is 5.32 Å². The number of carbonyl (C=O) groups excluding carboxylic acids is 4. The van der Waals surface area contributed by atoms with Crippen molar-refractivity contribution in [3.63, 3.8) is 0 Å². The lowest BCUT2D eigenvalue weighted by molar-refractivity contribution is 0.0695. The van der Waals surface area contributed by atoms with Crippen LogP contribution in [-0.2, 0) is 19.3 Å². The molecule has 16 nitrogen and oxygen atoms in total. The number of aromatic nitrogens is 6. The zero-order valence-corrected chi connectivity index (χ0v) is 43.8. The normalized spacial score (nSPS) is 13.5. The minimum atomic E-state index is -0.948. The van der Waals surface area contributed by atoms with Gasteiger partial charge < -0.3 is 24.0 Å². The fraction of sp³-hybridized carbons (Fsp3) is 0.397. The third-order valence-electron chi connectivity index (χ3n) is 12.3. The molecule has 0 aliphatic heterocycles. The van der Waals surface area contributed by atoms with E-state index >= 15 is 0 Å². The highest BCUT2D eigenvalue weighted by Gasteiger charge is 2.22. The van der Waals surface area contributed by atoms with Crippen LogP contribution in [0, 0.1) is 11.8 Å². The van der Waals surface area contributed by atoms with E-state index in [4.69, 9.17) is 30.3 Å². The van der Waals surface area contributed by atoms with Crippen LogP contribution in [0.4, 0.5) is 0 Å². The number of carboxylic acids is 1. The summed E-state index contributed by atoms with van der Waals surface area (Å²) >= 11 is 5.21. The number of rotatable bonds is 19. The number of aromatic carboxylic acids is 1. The van der Waals surface area contributed by atoms with E-state index in [0.29, 0.717) is 57.6 Å². The number of carbonyl (C=O) groups is 5. The number of nitrogens with one attached hydrogen (secondary N) is 1. The first-order valence-corrected chi connectivity index (χ1v) is 25.7. The first-order valence-electron chi connectivity index (χ1n) is 25.3. The molecular weight excluding hydrogens is 974 g/mol. The maximum Gasteiger partial charge on any atom is 0.335 e. The number of unbranched alkanes of at least 4 members (excludes halogenated alkanes) is 3. The van der Waals surface area contributed by atoms with Crippen molar-refractivity contribution in [2.24, 2.45) is 11.8 Å². The van der Waals surface area contributed by atoms with Gasteiger partial charge in [-0.1, -0.05) is 113 Å². The Labute approximate surface area is 444 Å². The zero-order valence-electron chi connectivity index (χ0n) is 43.1. The molecule has 75 heavy (non-hydrogen) atoms. The highest BCUT2D eigenvalue weighted by atomic mass is 35.5. The monoisotopic (exact) mass is 1040 g/mol. The largest absolute Gasteiger partial charge is 0.478 e. The Kier molecular flexibility index (Phi) is 25.1. The van der Waals surface area contributed by atoms with Crippen molar-refractivity contribution < 1.29 is 42.6 Å². The Bertz CT molecular complexity index is 2720. The van der Waals surface area contributed by atoms with E-state index in [9.17, 15) is 24.0 Å². The molecule has 1 fully saturated rings. The predicted molar refractivity (Wildman–Crippen MR) is 289 cm³/mol. The molecule has 7 aromatic rings. The molecule has 0 spiro atoms. The third-order valence-corrected chi connectivity index (χ3v) is 12.5. The van der Waals surface area contributed by atoms with Gasteiger partial charge in [-0.3, -0.25) is 19.2 Å². The lowest BCUT2D eigenvalue weighted by Gasteiger charge is -2.28. The average molecular weight is 1040 g/mol. The van der Waals surface area contributed by atoms with E-state index in [1.807, 2.05) is 36.4 Å². The van der Waals surface area contributed by atoms with Gasteiger partial charge >= 0.3 is 5.97 Å². The van der Waals surface area contributed by atoms with Crippen molar-refractivity contribution in [3.8, 4) is 34.4 Å². The molecule has 1 saturated carbocycles. The van der Waals surface area contributed by atoms with Crippen LogP contribution >= 0.6 is 11.6 Å². The minimum absolute atomic E-state index is 0. The molecule has 3 aromatic heterocycles. The summed E-state index contributed by atoms with van der Waals surface area (Å²) in [6.45, 7) is 12.4. The van der Waals surface area contributed by atoms with Gasteiger partial charge in [-0.15, -0.1) is 0 Å². The maximum absolute atomic E-state index is 12.4. The number of ketones is 2. The Hall–Kier alpha value is -7.46. The number of Topliss-reactive ketones (excluding diaryl/α,β-unsaturated/α-hetero) is 2. The van der Waals surface area contributed by atoms with Crippen molar-refractivity contribution in [3.05, 3.63) is 142 Å². The molecule has 2 N–H and O–H groups in total. The van der Waals surface area contributed by atoms with Crippen LogP contribution in [0.3, 0.4) is 0 Å². The summed E-state index contributed by atoms with van der Waals surface area (Å²) in [6, 6.07) is 27.2. The van der Waals surface area contributed by atoms with Gasteiger partial charge in [-0.05, 0) is 136 Å². The number of hydrogen-bond donors (Lipinski definition) is 2. The highest BCUT2D eigenvalue weighted by Crippen LogP contribution is 2.29. The molecule has 8 rings (SSSR count). The van der Waals surface area contributed by atoms with Gasteiger partial charge in [0, 0.05) is 64.8 Å². The maximum atomic E-state index is 12.4. The summed E-state index contributed by atoms with van der Waals surface area (Å²) in [5.41, 5.74) is 5.00. The van der Waals surface area contributed by atoms with E-state index in [-0.39, 0.29) is 30.5 Å². The summed E-state index contributed by atoms with van der Waals surface area (Å²) in [7, 11) is 0. The van der Waals surface area contributed by atoms with Crippen LogP contribution in [-0.4, -0.2) is 70.8 Å². The summed E-state index contributed by atoms with van der Waals surface area (Å²) in [4.78, 5) is 68.7. The Balaban J connectivity index is 0.000000223. The fourth-order valence-electron chi connectivity index (χ4n) is 7.65. The predicted octanol–water partition coefficient (Wildman–Crippen LogP) is 13.6. The van der Waals surface area contributed by atoms with Gasteiger partial charge in [0.25, 0.3) is 28.8 Å². The third kappa shape index (κ3) is 19.4. The topological polar surface area (TPSA) is 234 Å². The lowest BCUT2D eigenvalue weighted by Crippen LogP contribution is -2.33. The molecule has 2 atom stereocenters. The van der Waals surface area contributed by atoms with Gasteiger partial charge in [-0.2, -0.15) is 15.0 Å². The first-order chi connectivity index (χ1) is 35.7. The SMILES string of the molecule is C.CC(=O)c1ccc(C(=O)Cl)cc1.CCCCc1noc(-c2ccc(C(=O)NCC3CCCCC3C)cc2)n1.CCCCc1noc(-c2ccc(C(=O)O)cc2)n1.CCCCc1noc(-c2ccc(C(C)=O)cc2)n1. The molecule has 17 heteroatoms. The Morgan fingerprint density at radius 3 is 1.24 bits per heavy atom. The van der Waals surface area contributed by atoms with Gasteiger partial charge in [0.15, 0.2) is 29.0 Å². The average Bonchev–Trinajstić information content (AvgIpc) is 4.22. The summed E-state index contributed by atoms with van der Waals surface area (Å²) < 4.78 is 15.7. The fourth-order valence-corrected chi connectivity index (χ4v) is 7.77. The van der Waals surface area contributed by atoms with Crippen LogP contribution in [0.15, 0.2) is 111 Å². The molecule has 1 aliphatic rings. The van der Waals surface area contributed by atoms with E-state index in [0.717, 1.165) is 92.7 Å². The quantitative estimate of drug-likeness (QED) is 0.0566. The molecule has 0 bridgehead atoms. The van der Waals surface area contributed by atoms with Crippen molar-refractivity contribution in [1.82, 2.24) is 35.7 Å². The second kappa shape index (κ2) is 31.3. The van der Waals surface area contributed by atoms with Crippen LogP contribution in [0.25, 0.3) is 34.4 Å². The van der Waals surface area contributed by atoms with E-state index < -0.39 is 11.2 Å². The number of carboxylic acid groups (broad SMARTS) is 1. The molecule has 1 amide bonds. The molecule has 3 heterocycles. The molecular formula is C58H70ClN7O9. The van der Waals surface area contributed by atoms with Crippen LogP contribution in [0.5, 0.6) is 0 Å². The van der Waals surface area contributed by atoms with Crippen molar-refractivity contribution >= 4 is 40.3 Å². The summed E-state index contributed by atoms with van der Waals surface area (Å²) in [6.07, 6.45) is 14.0.